The summed E-state index contributed by atoms with van der Waals surface area (Å²) >= 11 is 0. The molecule has 220 valence electrons. The molecule has 0 atom stereocenters. The number of hydrogen-bond acceptors (Lipinski definition) is 4. The summed E-state index contributed by atoms with van der Waals surface area (Å²) in [4.78, 5) is 21.4. The van der Waals surface area contributed by atoms with Gasteiger partial charge in [0.1, 0.15) is 11.5 Å². The topological polar surface area (TPSA) is 70.7 Å². The van der Waals surface area contributed by atoms with Crippen molar-refractivity contribution in [1.82, 2.24) is 20.3 Å². The molecule has 1 aromatic carbocycles. The summed E-state index contributed by atoms with van der Waals surface area (Å²) in [5, 5.41) is 3.41. The second kappa shape index (κ2) is 21.5. The number of hydrogen-bond donors (Lipinski definition) is 2. The average Bonchev–Trinajstić information content (AvgIpc) is 3.41. The van der Waals surface area contributed by atoms with Gasteiger partial charge in [-0.15, -0.1) is 5.73 Å². The number of allylic oxidation sites excluding steroid dienone is 1. The van der Waals surface area contributed by atoms with Crippen LogP contribution in [0, 0.1) is 20.8 Å². The van der Waals surface area contributed by atoms with E-state index in [1.807, 2.05) is 33.2 Å². The molecule has 3 rings (SSSR count). The van der Waals surface area contributed by atoms with E-state index in [0.717, 1.165) is 43.7 Å². The first-order valence-electron chi connectivity index (χ1n) is 14.8. The van der Waals surface area contributed by atoms with Crippen LogP contribution in [0.3, 0.4) is 0 Å². The second-order valence-corrected chi connectivity index (χ2v) is 9.54. The predicted molar refractivity (Wildman–Crippen MR) is 173 cm³/mol. The van der Waals surface area contributed by atoms with Crippen molar-refractivity contribution in [2.24, 2.45) is 0 Å². The zero-order valence-corrected chi connectivity index (χ0v) is 26.9. The fourth-order valence-corrected chi connectivity index (χ4v) is 4.01. The highest BCUT2D eigenvalue weighted by molar-refractivity contribution is 5.91. The van der Waals surface area contributed by atoms with Gasteiger partial charge in [-0.1, -0.05) is 53.3 Å². The number of aromatic amines is 1. The van der Waals surface area contributed by atoms with Crippen molar-refractivity contribution >= 4 is 11.4 Å². The summed E-state index contributed by atoms with van der Waals surface area (Å²) < 4.78 is 0. The minimum absolute atomic E-state index is 0.0237. The summed E-state index contributed by atoms with van der Waals surface area (Å²) in [5.41, 5.74) is 13.0. The van der Waals surface area contributed by atoms with Crippen molar-refractivity contribution in [2.75, 3.05) is 13.1 Å². The lowest BCUT2D eigenvalue weighted by Gasteiger charge is -2.12. The SMILES string of the molecule is C=C=C(C)c1cc(C)c(CC)cc1CC.CC.CC(=O)c1cnc(C)[nH]1.CCCNCCCc1ccncc1C. The number of aromatic nitrogens is 3. The van der Waals surface area contributed by atoms with Gasteiger partial charge in [-0.05, 0) is 118 Å². The normalized spacial score (nSPS) is 9.65. The van der Waals surface area contributed by atoms with Gasteiger partial charge in [0, 0.05) is 19.3 Å². The van der Waals surface area contributed by atoms with Crippen LogP contribution in [0.1, 0.15) is 111 Å². The molecule has 0 radical (unpaired) electrons. The van der Waals surface area contributed by atoms with E-state index in [0.29, 0.717) is 5.69 Å². The number of benzene rings is 1. The molecule has 0 aliphatic carbocycles. The Bertz CT molecular complexity index is 1190. The molecule has 5 nitrogen and oxygen atoms in total. The van der Waals surface area contributed by atoms with Gasteiger partial charge in [0.2, 0.25) is 0 Å². The van der Waals surface area contributed by atoms with Gasteiger partial charge < -0.3 is 10.3 Å². The van der Waals surface area contributed by atoms with Crippen molar-refractivity contribution in [3.05, 3.63) is 94.0 Å². The van der Waals surface area contributed by atoms with Crippen LogP contribution >= 0.6 is 0 Å². The third-order valence-electron chi connectivity index (χ3n) is 6.44. The highest BCUT2D eigenvalue weighted by Crippen LogP contribution is 2.23. The summed E-state index contributed by atoms with van der Waals surface area (Å²) in [5.74, 6) is 0.802. The minimum atomic E-state index is 0.0237. The first-order chi connectivity index (χ1) is 19.2. The summed E-state index contributed by atoms with van der Waals surface area (Å²) in [6, 6.07) is 6.71. The van der Waals surface area contributed by atoms with Gasteiger partial charge in [0.05, 0.1) is 6.20 Å². The molecule has 0 unspecified atom stereocenters. The van der Waals surface area contributed by atoms with E-state index in [1.54, 1.807) is 0 Å². The van der Waals surface area contributed by atoms with Crippen LogP contribution in [0.4, 0.5) is 0 Å². The predicted octanol–water partition coefficient (Wildman–Crippen LogP) is 8.58. The lowest BCUT2D eigenvalue weighted by Crippen LogP contribution is -2.16. The van der Waals surface area contributed by atoms with E-state index in [2.05, 4.69) is 92.3 Å². The third kappa shape index (κ3) is 13.7. The molecule has 5 heteroatoms. The molecule has 0 amide bonds. The zero-order valence-electron chi connectivity index (χ0n) is 26.9. The number of aryl methyl sites for hydroxylation is 6. The van der Waals surface area contributed by atoms with Gasteiger partial charge >= 0.3 is 0 Å². The number of H-pyrrole nitrogens is 1. The van der Waals surface area contributed by atoms with Crippen molar-refractivity contribution in [3.8, 4) is 0 Å². The molecule has 0 aliphatic heterocycles. The van der Waals surface area contributed by atoms with Crippen LogP contribution in [-0.4, -0.2) is 33.8 Å². The number of carbonyl (C=O) groups is 1. The monoisotopic (exact) mass is 546 g/mol. The molecule has 0 spiro atoms. The Morgan fingerprint density at radius 3 is 2.10 bits per heavy atom. The second-order valence-electron chi connectivity index (χ2n) is 9.54. The van der Waals surface area contributed by atoms with Gasteiger partial charge in [0.25, 0.3) is 0 Å². The first-order valence-corrected chi connectivity index (χ1v) is 14.8. The van der Waals surface area contributed by atoms with Crippen LogP contribution in [0.2, 0.25) is 0 Å². The highest BCUT2D eigenvalue weighted by Gasteiger charge is 2.06. The average molecular weight is 547 g/mol. The number of ketones is 1. The lowest BCUT2D eigenvalue weighted by atomic mass is 9.93. The molecule has 0 fully saturated rings. The molecule has 0 saturated carbocycles. The number of nitrogens with zero attached hydrogens (tertiary/aromatic N) is 2. The molecule has 2 N–H and O–H groups in total. The number of nitrogens with one attached hydrogen (secondary N) is 2. The molecular formula is C35H54N4O. The Balaban J connectivity index is 0.000000567. The van der Waals surface area contributed by atoms with Crippen molar-refractivity contribution < 1.29 is 4.79 Å². The van der Waals surface area contributed by atoms with Gasteiger partial charge in [0.15, 0.2) is 5.78 Å². The van der Waals surface area contributed by atoms with E-state index >= 15 is 0 Å². The van der Waals surface area contributed by atoms with Crippen LogP contribution in [0.15, 0.2) is 49.1 Å². The quantitative estimate of drug-likeness (QED) is 0.152. The van der Waals surface area contributed by atoms with Crippen LogP contribution < -0.4 is 5.32 Å². The molecule has 0 bridgehead atoms. The van der Waals surface area contributed by atoms with E-state index < -0.39 is 0 Å². The maximum absolute atomic E-state index is 10.6. The van der Waals surface area contributed by atoms with E-state index in [-0.39, 0.29) is 5.78 Å². The largest absolute Gasteiger partial charge is 0.340 e. The Kier molecular flexibility index (Phi) is 19.8. The molecule has 0 aliphatic rings. The van der Waals surface area contributed by atoms with E-state index in [9.17, 15) is 4.79 Å². The minimum Gasteiger partial charge on any atom is -0.340 e. The molecular weight excluding hydrogens is 492 g/mol. The smallest absolute Gasteiger partial charge is 0.177 e. The standard InChI is InChI=1S/C15H20.C12H20N2.C6H8N2O.C2H6/c1-6-11(4)15-9-12(5)13(7-2)10-14(15)8-3;1-3-7-13-8-4-5-12-6-9-14-10-11(12)2;1-4(9)6-3-7-5(2)8-6;1-2/h9-10H,1,7-8H2,2-5H3;6,9-10,13H,3-5,7-8H2,1-2H3;3H,1-2H3,(H,7,8);1-2H3. The van der Waals surface area contributed by atoms with Crippen LogP contribution in [-0.2, 0) is 19.3 Å². The van der Waals surface area contributed by atoms with Crippen molar-refractivity contribution in [1.29, 1.82) is 0 Å². The number of Topliss-reactive ketones (excluding diaryl/α,β-unsaturated/α-hetero) is 1. The fourth-order valence-electron chi connectivity index (χ4n) is 4.01. The summed E-state index contributed by atoms with van der Waals surface area (Å²) in [6.45, 7) is 26.3. The van der Waals surface area contributed by atoms with Crippen molar-refractivity contribution in [3.63, 3.8) is 0 Å². The van der Waals surface area contributed by atoms with Gasteiger partial charge in [-0.3, -0.25) is 9.78 Å². The summed E-state index contributed by atoms with van der Waals surface area (Å²) in [7, 11) is 0. The fraction of sp³-hybridized carbons (Fsp3) is 0.486. The Labute approximate surface area is 244 Å². The molecule has 2 aromatic heterocycles. The van der Waals surface area contributed by atoms with Crippen LogP contribution in [0.5, 0.6) is 0 Å². The third-order valence-corrected chi connectivity index (χ3v) is 6.44. The highest BCUT2D eigenvalue weighted by atomic mass is 16.1. The number of pyridine rings is 1. The van der Waals surface area contributed by atoms with Gasteiger partial charge in [-0.25, -0.2) is 4.98 Å². The molecule has 0 saturated heterocycles. The number of imidazole rings is 1. The lowest BCUT2D eigenvalue weighted by molar-refractivity contribution is 0.101. The Morgan fingerprint density at radius 1 is 0.950 bits per heavy atom. The van der Waals surface area contributed by atoms with Crippen LogP contribution in [0.25, 0.3) is 5.57 Å². The Hall–Kier alpha value is -3.27. The molecule has 40 heavy (non-hydrogen) atoms. The molecule has 2 heterocycles. The molecule has 3 aromatic rings. The zero-order chi connectivity index (χ0) is 30.5. The summed E-state index contributed by atoms with van der Waals surface area (Å²) in [6.07, 6.45) is 11.1. The number of rotatable bonds is 10. The number of carbonyl (C=O) groups excluding carboxylic acids is 1. The maximum atomic E-state index is 10.6. The van der Waals surface area contributed by atoms with Crippen molar-refractivity contribution in [2.45, 2.75) is 101 Å². The van der Waals surface area contributed by atoms with Gasteiger partial charge in [-0.2, -0.15) is 0 Å². The van der Waals surface area contributed by atoms with E-state index in [4.69, 9.17) is 0 Å². The first kappa shape index (κ1) is 36.7. The Morgan fingerprint density at radius 2 is 1.62 bits per heavy atom. The maximum Gasteiger partial charge on any atom is 0.177 e. The van der Waals surface area contributed by atoms with E-state index in [1.165, 1.54) is 59.3 Å².